The van der Waals surface area contributed by atoms with E-state index in [1.165, 1.54) is 21.5 Å². The molecule has 0 spiro atoms. The van der Waals surface area contributed by atoms with Gasteiger partial charge in [0.15, 0.2) is 5.58 Å². The molecule has 0 radical (unpaired) electrons. The number of oxazole rings is 1. The molecule has 7 aromatic carbocycles. The quantitative estimate of drug-likeness (QED) is 0.164. The van der Waals surface area contributed by atoms with E-state index in [4.69, 9.17) is 9.40 Å². The van der Waals surface area contributed by atoms with E-state index in [-0.39, 0.29) is 0 Å². The Bertz CT molecular complexity index is 2910. The van der Waals surface area contributed by atoms with Crippen LogP contribution in [0.4, 0.5) is 0 Å². The van der Waals surface area contributed by atoms with Crippen molar-refractivity contribution in [3.05, 3.63) is 189 Å². The van der Waals surface area contributed by atoms with Gasteiger partial charge in [-0.05, 0) is 115 Å². The van der Waals surface area contributed by atoms with Crippen molar-refractivity contribution in [1.29, 1.82) is 0 Å². The van der Waals surface area contributed by atoms with Gasteiger partial charge in [0.2, 0.25) is 5.89 Å². The summed E-state index contributed by atoms with van der Waals surface area (Å²) in [4.78, 5) is 13.8. The Balaban J connectivity index is 1.10. The zero-order valence-electron chi connectivity index (χ0n) is 28.6. The van der Waals surface area contributed by atoms with Crippen molar-refractivity contribution >= 4 is 32.6 Å². The molecule has 10 rings (SSSR count). The van der Waals surface area contributed by atoms with E-state index >= 15 is 0 Å². The van der Waals surface area contributed by atoms with E-state index in [2.05, 4.69) is 162 Å². The van der Waals surface area contributed by atoms with Gasteiger partial charge in [-0.1, -0.05) is 115 Å². The first-order valence-corrected chi connectivity index (χ1v) is 17.7. The van der Waals surface area contributed by atoms with E-state index in [0.717, 1.165) is 72.3 Å². The SMILES string of the molecule is c1cncc(-c2ccc(-c3ccc(-c4nc5c(-c6cccc(-c7cccnc7)c6)cc(-c6cc7ccccc7c7ccccc67)cc5o4)cc3)cc2)c1. The molecule has 0 amide bonds. The number of nitrogens with zero attached hydrogens (tertiary/aromatic N) is 3. The molecule has 4 nitrogen and oxygen atoms in total. The number of fused-ring (bicyclic) bond motifs is 4. The second kappa shape index (κ2) is 12.9. The van der Waals surface area contributed by atoms with Crippen molar-refractivity contribution < 1.29 is 4.42 Å². The van der Waals surface area contributed by atoms with Gasteiger partial charge < -0.3 is 4.42 Å². The molecule has 0 unspecified atom stereocenters. The van der Waals surface area contributed by atoms with Gasteiger partial charge in [0, 0.05) is 41.5 Å². The highest BCUT2D eigenvalue weighted by Crippen LogP contribution is 2.41. The van der Waals surface area contributed by atoms with Gasteiger partial charge >= 0.3 is 0 Å². The molecule has 248 valence electrons. The lowest BCUT2D eigenvalue weighted by Crippen LogP contribution is -1.88. The van der Waals surface area contributed by atoms with Crippen LogP contribution in [0.25, 0.3) is 99.7 Å². The average Bonchev–Trinajstić information content (AvgIpc) is 3.68. The third-order valence-electron chi connectivity index (χ3n) is 10.1. The monoisotopic (exact) mass is 677 g/mol. The molecule has 0 saturated heterocycles. The largest absolute Gasteiger partial charge is 0.436 e. The van der Waals surface area contributed by atoms with E-state index in [1.54, 1.807) is 12.4 Å². The van der Waals surface area contributed by atoms with Crippen LogP contribution in [0.3, 0.4) is 0 Å². The summed E-state index contributed by atoms with van der Waals surface area (Å²) in [5.41, 5.74) is 13.5. The first-order chi connectivity index (χ1) is 26.2. The van der Waals surface area contributed by atoms with Crippen LogP contribution in [-0.2, 0) is 0 Å². The third kappa shape index (κ3) is 5.63. The van der Waals surface area contributed by atoms with Gasteiger partial charge in [-0.25, -0.2) is 4.98 Å². The predicted molar refractivity (Wildman–Crippen MR) is 217 cm³/mol. The van der Waals surface area contributed by atoms with Crippen LogP contribution < -0.4 is 0 Å². The zero-order chi connectivity index (χ0) is 35.1. The Kier molecular flexibility index (Phi) is 7.43. The standard InChI is InChI=1S/C49H31N3O/c1-2-13-42-38(8-1)27-45(44-15-4-3-14-43(42)44)41-28-46(37-10-5-9-36(26-37)40-12-7-25-51-31-40)48-47(29-41)53-49(52-48)35-22-20-33(21-23-35)32-16-18-34(19-17-32)39-11-6-24-50-30-39/h1-31H. The summed E-state index contributed by atoms with van der Waals surface area (Å²) in [5, 5.41) is 4.87. The molecule has 0 atom stereocenters. The molecule has 0 aliphatic carbocycles. The highest BCUT2D eigenvalue weighted by molar-refractivity contribution is 6.14. The van der Waals surface area contributed by atoms with Crippen LogP contribution in [-0.4, -0.2) is 15.0 Å². The van der Waals surface area contributed by atoms with E-state index in [9.17, 15) is 0 Å². The molecule has 3 aromatic heterocycles. The number of rotatable bonds is 6. The lowest BCUT2D eigenvalue weighted by atomic mass is 9.91. The van der Waals surface area contributed by atoms with E-state index < -0.39 is 0 Å². The summed E-state index contributed by atoms with van der Waals surface area (Å²) in [7, 11) is 0. The Morgan fingerprint density at radius 3 is 1.64 bits per heavy atom. The second-order valence-electron chi connectivity index (χ2n) is 13.3. The molecule has 4 heteroatoms. The summed E-state index contributed by atoms with van der Waals surface area (Å²) in [6, 6.07) is 57.7. The molecule has 0 fully saturated rings. The van der Waals surface area contributed by atoms with Crippen molar-refractivity contribution in [1.82, 2.24) is 15.0 Å². The second-order valence-corrected chi connectivity index (χ2v) is 13.3. The number of pyridine rings is 2. The molecule has 0 aliphatic heterocycles. The summed E-state index contributed by atoms with van der Waals surface area (Å²) in [5.74, 6) is 0.587. The fourth-order valence-corrected chi connectivity index (χ4v) is 7.42. The van der Waals surface area contributed by atoms with Crippen molar-refractivity contribution in [2.75, 3.05) is 0 Å². The number of aromatic nitrogens is 3. The van der Waals surface area contributed by atoms with Crippen LogP contribution in [0.15, 0.2) is 193 Å². The Hall–Kier alpha value is -7.17. The van der Waals surface area contributed by atoms with Crippen LogP contribution in [0.1, 0.15) is 0 Å². The Labute approximate surface area is 306 Å². The average molecular weight is 678 g/mol. The first-order valence-electron chi connectivity index (χ1n) is 17.7. The van der Waals surface area contributed by atoms with Crippen LogP contribution in [0.2, 0.25) is 0 Å². The van der Waals surface area contributed by atoms with Gasteiger partial charge in [-0.2, -0.15) is 0 Å². The molecule has 0 bridgehead atoms. The molecule has 53 heavy (non-hydrogen) atoms. The molecule has 3 heterocycles. The number of hydrogen-bond acceptors (Lipinski definition) is 4. The fraction of sp³-hybridized carbons (Fsp3) is 0. The highest BCUT2D eigenvalue weighted by atomic mass is 16.3. The first kappa shape index (κ1) is 30.6. The minimum Gasteiger partial charge on any atom is -0.436 e. The summed E-state index contributed by atoms with van der Waals surface area (Å²) in [6.45, 7) is 0. The van der Waals surface area contributed by atoms with Gasteiger partial charge in [0.1, 0.15) is 5.52 Å². The van der Waals surface area contributed by atoms with E-state index in [0.29, 0.717) is 5.89 Å². The number of hydrogen-bond donors (Lipinski definition) is 0. The van der Waals surface area contributed by atoms with E-state index in [1.807, 2.05) is 24.5 Å². The summed E-state index contributed by atoms with van der Waals surface area (Å²) < 4.78 is 6.68. The minimum absolute atomic E-state index is 0.587. The van der Waals surface area contributed by atoms with Crippen molar-refractivity contribution in [2.45, 2.75) is 0 Å². The smallest absolute Gasteiger partial charge is 0.227 e. The topological polar surface area (TPSA) is 51.8 Å². The molecule has 0 saturated carbocycles. The van der Waals surface area contributed by atoms with Crippen LogP contribution in [0.5, 0.6) is 0 Å². The van der Waals surface area contributed by atoms with Crippen molar-refractivity contribution in [3.63, 3.8) is 0 Å². The van der Waals surface area contributed by atoms with Gasteiger partial charge in [-0.15, -0.1) is 0 Å². The minimum atomic E-state index is 0.587. The number of benzene rings is 7. The zero-order valence-corrected chi connectivity index (χ0v) is 28.6. The maximum atomic E-state index is 6.68. The summed E-state index contributed by atoms with van der Waals surface area (Å²) >= 11 is 0. The van der Waals surface area contributed by atoms with Crippen LogP contribution >= 0.6 is 0 Å². The molecule has 0 aliphatic rings. The molecule has 10 aromatic rings. The Morgan fingerprint density at radius 2 is 0.943 bits per heavy atom. The lowest BCUT2D eigenvalue weighted by Gasteiger charge is -2.13. The molecular formula is C49H31N3O. The lowest BCUT2D eigenvalue weighted by molar-refractivity contribution is 0.620. The Morgan fingerprint density at radius 1 is 0.358 bits per heavy atom. The van der Waals surface area contributed by atoms with Crippen molar-refractivity contribution in [3.8, 4) is 67.1 Å². The third-order valence-corrected chi connectivity index (χ3v) is 10.1. The van der Waals surface area contributed by atoms with Gasteiger partial charge in [0.25, 0.3) is 0 Å². The molecular weight excluding hydrogens is 647 g/mol. The normalized spacial score (nSPS) is 11.4. The van der Waals surface area contributed by atoms with Crippen molar-refractivity contribution in [2.24, 2.45) is 0 Å². The summed E-state index contributed by atoms with van der Waals surface area (Å²) in [6.07, 6.45) is 7.39. The van der Waals surface area contributed by atoms with Crippen LogP contribution in [0, 0.1) is 0 Å². The predicted octanol–water partition coefficient (Wildman–Crippen LogP) is 12.9. The maximum Gasteiger partial charge on any atom is 0.227 e. The fourth-order valence-electron chi connectivity index (χ4n) is 7.42. The highest BCUT2D eigenvalue weighted by Gasteiger charge is 2.18. The van der Waals surface area contributed by atoms with Gasteiger partial charge in [0.05, 0.1) is 0 Å². The van der Waals surface area contributed by atoms with Gasteiger partial charge in [-0.3, -0.25) is 9.97 Å². The molecule has 0 N–H and O–H groups in total. The maximum absolute atomic E-state index is 6.68.